The third kappa shape index (κ3) is 3.63. The standard InChI is InChI=1S/C11H12BrNO5/c1-18-11(17)7(12)5-13-10(16)6-2-3-8(14)9(15)4-6/h2-4,7,14-15H,5H2,1H3,(H,13,16). The van der Waals surface area contributed by atoms with E-state index in [0.717, 1.165) is 6.07 Å². The lowest BCUT2D eigenvalue weighted by Gasteiger charge is -2.09. The number of phenolic OH excluding ortho intramolecular Hbond substituents is 2. The predicted molar refractivity (Wildman–Crippen MR) is 66.8 cm³/mol. The molecule has 1 unspecified atom stereocenters. The topological polar surface area (TPSA) is 95.9 Å². The van der Waals surface area contributed by atoms with Crippen molar-refractivity contribution in [1.82, 2.24) is 5.32 Å². The minimum atomic E-state index is -0.642. The summed E-state index contributed by atoms with van der Waals surface area (Å²) in [5.74, 6) is -1.66. The molecular formula is C11H12BrNO5. The van der Waals surface area contributed by atoms with E-state index in [1.54, 1.807) is 0 Å². The van der Waals surface area contributed by atoms with Crippen molar-refractivity contribution in [2.24, 2.45) is 0 Å². The van der Waals surface area contributed by atoms with Crippen LogP contribution in [0.15, 0.2) is 18.2 Å². The molecule has 6 nitrogen and oxygen atoms in total. The van der Waals surface area contributed by atoms with Crippen LogP contribution in [0, 0.1) is 0 Å². The van der Waals surface area contributed by atoms with Crippen LogP contribution in [0.25, 0.3) is 0 Å². The van der Waals surface area contributed by atoms with E-state index < -0.39 is 16.7 Å². The molecule has 0 fully saturated rings. The summed E-state index contributed by atoms with van der Waals surface area (Å²) in [4.78, 5) is 22.1. The van der Waals surface area contributed by atoms with Gasteiger partial charge in [0.05, 0.1) is 7.11 Å². The van der Waals surface area contributed by atoms with Crippen LogP contribution in [-0.4, -0.2) is 40.6 Å². The van der Waals surface area contributed by atoms with Gasteiger partial charge in [-0.1, -0.05) is 15.9 Å². The molecule has 1 amide bonds. The quantitative estimate of drug-likeness (QED) is 0.433. The number of esters is 1. The summed E-state index contributed by atoms with van der Waals surface area (Å²) >= 11 is 3.05. The third-order valence-electron chi connectivity index (χ3n) is 2.14. The number of halogens is 1. The van der Waals surface area contributed by atoms with Crippen molar-refractivity contribution >= 4 is 27.8 Å². The van der Waals surface area contributed by atoms with Crippen molar-refractivity contribution in [3.63, 3.8) is 0 Å². The number of rotatable bonds is 4. The van der Waals surface area contributed by atoms with E-state index in [4.69, 9.17) is 5.11 Å². The average Bonchev–Trinajstić information content (AvgIpc) is 2.37. The van der Waals surface area contributed by atoms with Crippen LogP contribution in [0.5, 0.6) is 11.5 Å². The third-order valence-corrected chi connectivity index (χ3v) is 2.83. The largest absolute Gasteiger partial charge is 0.504 e. The van der Waals surface area contributed by atoms with Gasteiger partial charge in [0.2, 0.25) is 0 Å². The molecule has 1 aromatic carbocycles. The van der Waals surface area contributed by atoms with Gasteiger partial charge in [-0.25, -0.2) is 0 Å². The van der Waals surface area contributed by atoms with Gasteiger partial charge >= 0.3 is 5.97 Å². The van der Waals surface area contributed by atoms with Gasteiger partial charge in [-0.2, -0.15) is 0 Å². The number of aromatic hydroxyl groups is 2. The van der Waals surface area contributed by atoms with Crippen molar-refractivity contribution in [3.05, 3.63) is 23.8 Å². The number of benzene rings is 1. The lowest BCUT2D eigenvalue weighted by molar-refractivity contribution is -0.139. The van der Waals surface area contributed by atoms with Gasteiger partial charge in [-0.05, 0) is 18.2 Å². The molecule has 1 aromatic rings. The Kier molecular flexibility index (Phi) is 4.96. The SMILES string of the molecule is COC(=O)C(Br)CNC(=O)c1ccc(O)c(O)c1. The lowest BCUT2D eigenvalue weighted by Crippen LogP contribution is -2.33. The Morgan fingerprint density at radius 1 is 1.39 bits per heavy atom. The first-order valence-electron chi connectivity index (χ1n) is 4.97. The number of carbonyl (C=O) groups excluding carboxylic acids is 2. The second-order valence-corrected chi connectivity index (χ2v) is 4.51. The number of alkyl halides is 1. The van der Waals surface area contributed by atoms with Gasteiger partial charge in [0.1, 0.15) is 4.83 Å². The summed E-state index contributed by atoms with van der Waals surface area (Å²) in [5, 5.41) is 20.8. The highest BCUT2D eigenvalue weighted by Gasteiger charge is 2.17. The molecule has 3 N–H and O–H groups in total. The highest BCUT2D eigenvalue weighted by molar-refractivity contribution is 9.10. The maximum Gasteiger partial charge on any atom is 0.321 e. The molecule has 0 saturated heterocycles. The molecule has 0 saturated carbocycles. The molecule has 0 spiro atoms. The Hall–Kier alpha value is -1.76. The molecule has 18 heavy (non-hydrogen) atoms. The number of hydrogen-bond acceptors (Lipinski definition) is 5. The summed E-state index contributed by atoms with van der Waals surface area (Å²) < 4.78 is 4.47. The normalized spacial score (nSPS) is 11.7. The minimum Gasteiger partial charge on any atom is -0.504 e. The van der Waals surface area contributed by atoms with Crippen LogP contribution in [0.2, 0.25) is 0 Å². The van der Waals surface area contributed by atoms with Gasteiger partial charge in [0.25, 0.3) is 5.91 Å². The number of carbonyl (C=O) groups is 2. The van der Waals surface area contributed by atoms with Crippen molar-refractivity contribution in [2.45, 2.75) is 4.83 Å². The van der Waals surface area contributed by atoms with E-state index >= 15 is 0 Å². The molecule has 0 aliphatic rings. The Bertz CT molecular complexity index is 463. The van der Waals surface area contributed by atoms with Crippen LogP contribution in [-0.2, 0) is 9.53 Å². The zero-order chi connectivity index (χ0) is 13.7. The number of amides is 1. The second-order valence-electron chi connectivity index (χ2n) is 3.40. The molecule has 0 aromatic heterocycles. The Morgan fingerprint density at radius 3 is 2.61 bits per heavy atom. The van der Waals surface area contributed by atoms with Gasteiger partial charge < -0.3 is 20.3 Å². The van der Waals surface area contributed by atoms with Crippen LogP contribution >= 0.6 is 15.9 Å². The molecule has 0 aliphatic carbocycles. The first-order chi connectivity index (χ1) is 8.45. The van der Waals surface area contributed by atoms with Gasteiger partial charge in [0.15, 0.2) is 11.5 Å². The smallest absolute Gasteiger partial charge is 0.321 e. The Labute approximate surface area is 112 Å². The average molecular weight is 318 g/mol. The van der Waals surface area contributed by atoms with E-state index in [1.165, 1.54) is 19.2 Å². The first kappa shape index (κ1) is 14.3. The molecule has 0 radical (unpaired) electrons. The molecular weight excluding hydrogens is 306 g/mol. The number of ether oxygens (including phenoxy) is 1. The molecule has 1 atom stereocenters. The summed E-state index contributed by atoms with van der Waals surface area (Å²) in [6, 6.07) is 3.69. The van der Waals surface area contributed by atoms with E-state index in [-0.39, 0.29) is 23.6 Å². The number of nitrogens with one attached hydrogen (secondary N) is 1. The molecule has 1 rings (SSSR count). The lowest BCUT2D eigenvalue weighted by atomic mass is 10.2. The van der Waals surface area contributed by atoms with Gasteiger partial charge in [-0.15, -0.1) is 0 Å². The highest BCUT2D eigenvalue weighted by Crippen LogP contribution is 2.24. The van der Waals surface area contributed by atoms with Crippen molar-refractivity contribution in [1.29, 1.82) is 0 Å². The fourth-order valence-corrected chi connectivity index (χ4v) is 1.51. The number of hydrogen-bond donors (Lipinski definition) is 3. The molecule has 98 valence electrons. The predicted octanol–water partition coefficient (Wildman–Crippen LogP) is 0.764. The van der Waals surface area contributed by atoms with Crippen LogP contribution in [0.1, 0.15) is 10.4 Å². The molecule has 0 heterocycles. The number of phenols is 2. The van der Waals surface area contributed by atoms with E-state index in [9.17, 15) is 14.7 Å². The summed E-state index contributed by atoms with van der Waals surface area (Å²) in [5.41, 5.74) is 0.176. The van der Waals surface area contributed by atoms with Gasteiger partial charge in [-0.3, -0.25) is 9.59 Å². The van der Waals surface area contributed by atoms with Crippen LogP contribution in [0.3, 0.4) is 0 Å². The second kappa shape index (κ2) is 6.25. The fraction of sp³-hybridized carbons (Fsp3) is 0.273. The highest BCUT2D eigenvalue weighted by atomic mass is 79.9. The first-order valence-corrected chi connectivity index (χ1v) is 5.89. The van der Waals surface area contributed by atoms with Crippen LogP contribution < -0.4 is 5.32 Å². The summed E-state index contributed by atoms with van der Waals surface area (Å²) in [6.07, 6.45) is 0. The number of methoxy groups -OCH3 is 1. The summed E-state index contributed by atoms with van der Waals surface area (Å²) in [6.45, 7) is 0.0488. The fourth-order valence-electron chi connectivity index (χ4n) is 1.16. The Morgan fingerprint density at radius 2 is 2.06 bits per heavy atom. The van der Waals surface area contributed by atoms with Crippen molar-refractivity contribution in [2.75, 3.05) is 13.7 Å². The minimum absolute atomic E-state index is 0.0488. The molecule has 0 aliphatic heterocycles. The zero-order valence-corrected chi connectivity index (χ0v) is 11.1. The molecule has 0 bridgehead atoms. The summed E-state index contributed by atoms with van der Waals surface area (Å²) in [7, 11) is 1.25. The monoisotopic (exact) mass is 317 g/mol. The van der Waals surface area contributed by atoms with Crippen molar-refractivity contribution in [3.8, 4) is 11.5 Å². The van der Waals surface area contributed by atoms with Crippen LogP contribution in [0.4, 0.5) is 0 Å². The zero-order valence-electron chi connectivity index (χ0n) is 9.51. The maximum absolute atomic E-state index is 11.6. The maximum atomic E-state index is 11.6. The van der Waals surface area contributed by atoms with Crippen molar-refractivity contribution < 1.29 is 24.5 Å². The van der Waals surface area contributed by atoms with E-state index in [0.29, 0.717) is 0 Å². The van der Waals surface area contributed by atoms with E-state index in [1.807, 2.05) is 0 Å². The Balaban J connectivity index is 2.60. The molecule has 7 heteroatoms. The van der Waals surface area contributed by atoms with Gasteiger partial charge in [0, 0.05) is 12.1 Å². The van der Waals surface area contributed by atoms with E-state index in [2.05, 4.69) is 26.0 Å².